The van der Waals surface area contributed by atoms with Crippen LogP contribution < -0.4 is 5.32 Å². The molecule has 1 unspecified atom stereocenters. The molecule has 1 aliphatic rings. The lowest BCUT2D eigenvalue weighted by Crippen LogP contribution is -2.36. The zero-order chi connectivity index (χ0) is 16.4. The van der Waals surface area contributed by atoms with E-state index in [1.807, 2.05) is 37.3 Å². The molecule has 0 radical (unpaired) electrons. The maximum Gasteiger partial charge on any atom is 0.269 e. The summed E-state index contributed by atoms with van der Waals surface area (Å²) in [5, 5.41) is 13.8. The predicted molar refractivity (Wildman–Crippen MR) is 87.0 cm³/mol. The number of carbonyl (C=O) groups is 1. The number of nitrogens with zero attached hydrogens (tertiary/aromatic N) is 1. The predicted octanol–water partition coefficient (Wildman–Crippen LogP) is 3.50. The van der Waals surface area contributed by atoms with Crippen molar-refractivity contribution in [3.05, 3.63) is 75.8 Å². The monoisotopic (exact) mass is 310 g/mol. The van der Waals surface area contributed by atoms with Crippen molar-refractivity contribution in [2.24, 2.45) is 0 Å². The Morgan fingerprint density at radius 1 is 1.13 bits per heavy atom. The highest BCUT2D eigenvalue weighted by molar-refractivity contribution is 5.91. The molecule has 3 rings (SSSR count). The van der Waals surface area contributed by atoms with E-state index in [9.17, 15) is 14.9 Å². The quantitative estimate of drug-likeness (QED) is 0.678. The number of nitro benzene ring substituents is 1. The van der Waals surface area contributed by atoms with Crippen molar-refractivity contribution in [1.82, 2.24) is 5.32 Å². The average molecular weight is 310 g/mol. The molecule has 118 valence electrons. The van der Waals surface area contributed by atoms with Crippen molar-refractivity contribution in [1.29, 1.82) is 0 Å². The van der Waals surface area contributed by atoms with Crippen LogP contribution in [0.15, 0.2) is 54.6 Å². The first-order chi connectivity index (χ1) is 11.0. The van der Waals surface area contributed by atoms with E-state index in [4.69, 9.17) is 0 Å². The Morgan fingerprint density at radius 2 is 1.74 bits per heavy atom. The standard InChI is InChI=1S/C18H18N2O3/c1-13(14-5-3-2-4-6-14)19-17(21)18(11-12-18)15-7-9-16(10-8-15)20(22)23/h2-10,13H,11-12H2,1H3,(H,19,21). The van der Waals surface area contributed by atoms with Gasteiger partial charge in [-0.15, -0.1) is 0 Å². The number of hydrogen-bond acceptors (Lipinski definition) is 3. The van der Waals surface area contributed by atoms with Crippen LogP contribution in [0.2, 0.25) is 0 Å². The Bertz CT molecular complexity index is 722. The summed E-state index contributed by atoms with van der Waals surface area (Å²) in [6.45, 7) is 1.96. The first kappa shape index (κ1) is 15.2. The van der Waals surface area contributed by atoms with Crippen molar-refractivity contribution in [2.75, 3.05) is 0 Å². The van der Waals surface area contributed by atoms with E-state index >= 15 is 0 Å². The highest BCUT2D eigenvalue weighted by Gasteiger charge is 2.51. The molecule has 0 bridgehead atoms. The van der Waals surface area contributed by atoms with Gasteiger partial charge >= 0.3 is 0 Å². The van der Waals surface area contributed by atoms with Crippen molar-refractivity contribution < 1.29 is 9.72 Å². The highest BCUT2D eigenvalue weighted by Crippen LogP contribution is 2.49. The zero-order valence-electron chi connectivity index (χ0n) is 12.9. The molecule has 1 saturated carbocycles. The first-order valence-corrected chi connectivity index (χ1v) is 7.64. The Labute approximate surface area is 134 Å². The highest BCUT2D eigenvalue weighted by atomic mass is 16.6. The van der Waals surface area contributed by atoms with Gasteiger partial charge in [0.15, 0.2) is 0 Å². The fourth-order valence-electron chi connectivity index (χ4n) is 2.83. The molecule has 1 N–H and O–H groups in total. The summed E-state index contributed by atoms with van der Waals surface area (Å²) in [4.78, 5) is 23.0. The molecule has 23 heavy (non-hydrogen) atoms. The lowest BCUT2D eigenvalue weighted by Gasteiger charge is -2.20. The lowest BCUT2D eigenvalue weighted by atomic mass is 9.94. The number of non-ortho nitro benzene ring substituents is 1. The summed E-state index contributed by atoms with van der Waals surface area (Å²) in [6.07, 6.45) is 1.55. The van der Waals surface area contributed by atoms with Gasteiger partial charge in [-0.1, -0.05) is 42.5 Å². The number of hydrogen-bond donors (Lipinski definition) is 1. The molecule has 1 amide bonds. The number of nitrogens with one attached hydrogen (secondary N) is 1. The Balaban J connectivity index is 1.75. The number of rotatable bonds is 5. The third-order valence-electron chi connectivity index (χ3n) is 4.46. The zero-order valence-corrected chi connectivity index (χ0v) is 12.9. The summed E-state index contributed by atoms with van der Waals surface area (Å²) in [5.41, 5.74) is 1.42. The van der Waals surface area contributed by atoms with E-state index in [1.54, 1.807) is 12.1 Å². The fourth-order valence-corrected chi connectivity index (χ4v) is 2.83. The van der Waals surface area contributed by atoms with E-state index in [-0.39, 0.29) is 17.6 Å². The van der Waals surface area contributed by atoms with Gasteiger partial charge in [-0.05, 0) is 30.9 Å². The van der Waals surface area contributed by atoms with E-state index in [0.29, 0.717) is 0 Å². The average Bonchev–Trinajstić information content (AvgIpc) is 3.37. The third kappa shape index (κ3) is 2.95. The van der Waals surface area contributed by atoms with Crippen LogP contribution in [-0.2, 0) is 10.2 Å². The van der Waals surface area contributed by atoms with Gasteiger partial charge in [-0.25, -0.2) is 0 Å². The van der Waals surface area contributed by atoms with Crippen LogP contribution in [0.1, 0.15) is 36.9 Å². The molecule has 1 atom stereocenters. The van der Waals surface area contributed by atoms with E-state index in [1.165, 1.54) is 12.1 Å². The molecule has 0 heterocycles. The largest absolute Gasteiger partial charge is 0.349 e. The van der Waals surface area contributed by atoms with Crippen molar-refractivity contribution >= 4 is 11.6 Å². The summed E-state index contributed by atoms with van der Waals surface area (Å²) in [6, 6.07) is 16.0. The SMILES string of the molecule is CC(NC(=O)C1(c2ccc([N+](=O)[O-])cc2)CC1)c1ccccc1. The van der Waals surface area contributed by atoms with Gasteiger partial charge in [-0.2, -0.15) is 0 Å². The summed E-state index contributed by atoms with van der Waals surface area (Å²) in [7, 11) is 0. The van der Waals surface area contributed by atoms with Crippen LogP contribution in [-0.4, -0.2) is 10.8 Å². The van der Waals surface area contributed by atoms with Crippen molar-refractivity contribution in [3.63, 3.8) is 0 Å². The van der Waals surface area contributed by atoms with E-state index in [2.05, 4.69) is 5.32 Å². The summed E-state index contributed by atoms with van der Waals surface area (Å²) < 4.78 is 0. The normalized spacial score (nSPS) is 16.4. The van der Waals surface area contributed by atoms with Crippen LogP contribution in [0.3, 0.4) is 0 Å². The van der Waals surface area contributed by atoms with Gasteiger partial charge < -0.3 is 5.32 Å². The molecule has 5 nitrogen and oxygen atoms in total. The Morgan fingerprint density at radius 3 is 2.26 bits per heavy atom. The van der Waals surface area contributed by atoms with Crippen molar-refractivity contribution in [3.8, 4) is 0 Å². The topological polar surface area (TPSA) is 72.2 Å². The maximum absolute atomic E-state index is 12.7. The number of nitro groups is 1. The minimum absolute atomic E-state index is 0.0114. The molecule has 2 aromatic rings. The van der Waals surface area contributed by atoms with Crippen LogP contribution in [0.4, 0.5) is 5.69 Å². The van der Waals surface area contributed by atoms with Crippen LogP contribution in [0.5, 0.6) is 0 Å². The third-order valence-corrected chi connectivity index (χ3v) is 4.46. The molecule has 1 fully saturated rings. The smallest absolute Gasteiger partial charge is 0.269 e. The van der Waals surface area contributed by atoms with Gasteiger partial charge in [-0.3, -0.25) is 14.9 Å². The number of benzene rings is 2. The maximum atomic E-state index is 12.7. The van der Waals surface area contributed by atoms with Crippen molar-refractivity contribution in [2.45, 2.75) is 31.2 Å². The molecule has 0 spiro atoms. The molecule has 0 aromatic heterocycles. The fraction of sp³-hybridized carbons (Fsp3) is 0.278. The van der Waals surface area contributed by atoms with E-state index < -0.39 is 10.3 Å². The molecule has 0 saturated heterocycles. The van der Waals surface area contributed by atoms with Crippen LogP contribution in [0, 0.1) is 10.1 Å². The summed E-state index contributed by atoms with van der Waals surface area (Å²) >= 11 is 0. The second-order valence-corrected chi connectivity index (χ2v) is 5.99. The van der Waals surface area contributed by atoms with Gasteiger partial charge in [0.2, 0.25) is 5.91 Å². The van der Waals surface area contributed by atoms with Crippen LogP contribution in [0.25, 0.3) is 0 Å². The second-order valence-electron chi connectivity index (χ2n) is 5.99. The minimum Gasteiger partial charge on any atom is -0.349 e. The second kappa shape index (κ2) is 5.83. The summed E-state index contributed by atoms with van der Waals surface area (Å²) in [5.74, 6) is -0.0114. The van der Waals surface area contributed by atoms with Gasteiger partial charge in [0.05, 0.1) is 16.4 Å². The van der Waals surface area contributed by atoms with Crippen LogP contribution >= 0.6 is 0 Å². The van der Waals surface area contributed by atoms with E-state index in [0.717, 1.165) is 24.0 Å². The number of carbonyl (C=O) groups excluding carboxylic acids is 1. The molecular weight excluding hydrogens is 292 g/mol. The molecule has 5 heteroatoms. The molecule has 0 aliphatic heterocycles. The first-order valence-electron chi connectivity index (χ1n) is 7.64. The Kier molecular flexibility index (Phi) is 3.86. The Hall–Kier alpha value is -2.69. The van der Waals surface area contributed by atoms with Gasteiger partial charge in [0.1, 0.15) is 0 Å². The molecule has 2 aromatic carbocycles. The van der Waals surface area contributed by atoms with Gasteiger partial charge in [0.25, 0.3) is 5.69 Å². The van der Waals surface area contributed by atoms with Gasteiger partial charge in [0, 0.05) is 12.1 Å². The molecule has 1 aliphatic carbocycles. The minimum atomic E-state index is -0.530. The lowest BCUT2D eigenvalue weighted by molar-refractivity contribution is -0.384. The molecular formula is C18H18N2O3. The number of amides is 1.